The molecule has 0 aliphatic carbocycles. The maximum absolute atomic E-state index is 12.5. The van der Waals surface area contributed by atoms with Gasteiger partial charge in [0.25, 0.3) is 0 Å². The second-order valence-corrected chi connectivity index (χ2v) is 7.70. The van der Waals surface area contributed by atoms with Crippen LogP contribution in [0.2, 0.25) is 5.02 Å². The quantitative estimate of drug-likeness (QED) is 0.804. The molecule has 0 aromatic heterocycles. The van der Waals surface area contributed by atoms with Gasteiger partial charge in [-0.05, 0) is 48.2 Å². The number of ether oxygens (including phenoxy) is 3. The van der Waals surface area contributed by atoms with Crippen molar-refractivity contribution in [1.82, 2.24) is 10.2 Å². The second kappa shape index (κ2) is 8.82. The number of urea groups is 1. The van der Waals surface area contributed by atoms with E-state index in [1.807, 2.05) is 29.2 Å². The zero-order valence-corrected chi connectivity index (χ0v) is 17.2. The minimum Gasteiger partial charge on any atom is -0.497 e. The van der Waals surface area contributed by atoms with Crippen molar-refractivity contribution in [3.8, 4) is 17.2 Å². The van der Waals surface area contributed by atoms with Gasteiger partial charge in [-0.3, -0.25) is 0 Å². The highest BCUT2D eigenvalue weighted by molar-refractivity contribution is 6.32. The van der Waals surface area contributed by atoms with E-state index in [1.165, 1.54) is 5.56 Å². The van der Waals surface area contributed by atoms with Gasteiger partial charge in [-0.15, -0.1) is 0 Å². The molecule has 4 rings (SSSR count). The fourth-order valence-corrected chi connectivity index (χ4v) is 4.11. The first kappa shape index (κ1) is 19.7. The molecule has 1 atom stereocenters. The molecule has 1 saturated heterocycles. The van der Waals surface area contributed by atoms with E-state index in [2.05, 4.69) is 17.4 Å². The zero-order valence-electron chi connectivity index (χ0n) is 16.4. The van der Waals surface area contributed by atoms with Crippen LogP contribution in [0.5, 0.6) is 17.2 Å². The Morgan fingerprint density at radius 2 is 2.03 bits per heavy atom. The monoisotopic (exact) mass is 416 g/mol. The minimum absolute atomic E-state index is 0.0235. The summed E-state index contributed by atoms with van der Waals surface area (Å²) in [4.78, 5) is 14.4. The molecule has 2 aromatic carbocycles. The highest BCUT2D eigenvalue weighted by Crippen LogP contribution is 2.38. The normalized spacial score (nSPS) is 17.9. The van der Waals surface area contributed by atoms with Crippen molar-refractivity contribution in [2.45, 2.75) is 18.8 Å². The Labute approximate surface area is 175 Å². The molecule has 6 nitrogen and oxygen atoms in total. The fraction of sp³-hybridized carbons (Fsp3) is 0.409. The van der Waals surface area contributed by atoms with Crippen molar-refractivity contribution in [2.75, 3.05) is 40.0 Å². The molecule has 1 fully saturated rings. The molecule has 7 heteroatoms. The van der Waals surface area contributed by atoms with Gasteiger partial charge in [0, 0.05) is 25.6 Å². The van der Waals surface area contributed by atoms with Crippen LogP contribution in [0.4, 0.5) is 4.79 Å². The average molecular weight is 417 g/mol. The first-order chi connectivity index (χ1) is 14.1. The largest absolute Gasteiger partial charge is 0.497 e. The van der Waals surface area contributed by atoms with Gasteiger partial charge in [0.15, 0.2) is 11.5 Å². The van der Waals surface area contributed by atoms with Crippen molar-refractivity contribution >= 4 is 17.6 Å². The summed E-state index contributed by atoms with van der Waals surface area (Å²) in [6.45, 7) is 3.06. The van der Waals surface area contributed by atoms with Crippen molar-refractivity contribution < 1.29 is 19.0 Å². The molecule has 2 heterocycles. The minimum atomic E-state index is -0.0235. The number of carbonyl (C=O) groups excluding carboxylic acids is 1. The molecule has 0 bridgehead atoms. The van der Waals surface area contributed by atoms with E-state index in [0.717, 1.165) is 30.8 Å². The summed E-state index contributed by atoms with van der Waals surface area (Å²) < 4.78 is 16.4. The number of methoxy groups -OCH3 is 1. The summed E-state index contributed by atoms with van der Waals surface area (Å²) in [6, 6.07) is 11.9. The van der Waals surface area contributed by atoms with E-state index < -0.39 is 0 Å². The molecule has 2 amide bonds. The van der Waals surface area contributed by atoms with Crippen molar-refractivity contribution in [1.29, 1.82) is 0 Å². The fourth-order valence-electron chi connectivity index (χ4n) is 3.83. The maximum Gasteiger partial charge on any atom is 0.317 e. The third kappa shape index (κ3) is 4.53. The lowest BCUT2D eigenvalue weighted by Gasteiger charge is -2.20. The summed E-state index contributed by atoms with van der Waals surface area (Å²) in [5.74, 6) is 2.49. The first-order valence-corrected chi connectivity index (χ1v) is 10.3. The van der Waals surface area contributed by atoms with Gasteiger partial charge in [-0.2, -0.15) is 0 Å². The SMILES string of the molecule is COc1ccc(C2CCN(C(=O)NCCc3cc(Cl)c4c(c3)OCCO4)C2)cc1. The number of amides is 2. The van der Waals surface area contributed by atoms with Crippen LogP contribution in [0.3, 0.4) is 0 Å². The number of benzene rings is 2. The Morgan fingerprint density at radius 1 is 1.24 bits per heavy atom. The third-order valence-corrected chi connectivity index (χ3v) is 5.69. The summed E-state index contributed by atoms with van der Waals surface area (Å²) in [6.07, 6.45) is 1.65. The van der Waals surface area contributed by atoms with Crippen molar-refractivity contribution in [3.05, 3.63) is 52.5 Å². The Morgan fingerprint density at radius 3 is 2.83 bits per heavy atom. The third-order valence-electron chi connectivity index (χ3n) is 5.41. The predicted octanol–water partition coefficient (Wildman–Crippen LogP) is 3.86. The van der Waals surface area contributed by atoms with Crippen LogP contribution < -0.4 is 19.5 Å². The molecule has 29 heavy (non-hydrogen) atoms. The highest BCUT2D eigenvalue weighted by Gasteiger charge is 2.27. The van der Waals surface area contributed by atoms with E-state index >= 15 is 0 Å². The highest BCUT2D eigenvalue weighted by atomic mass is 35.5. The number of nitrogens with zero attached hydrogens (tertiary/aromatic N) is 1. The van der Waals surface area contributed by atoms with Crippen LogP contribution in [0.25, 0.3) is 0 Å². The number of halogens is 1. The Balaban J connectivity index is 1.27. The van der Waals surface area contributed by atoms with E-state index in [9.17, 15) is 4.79 Å². The molecule has 1 N–H and O–H groups in total. The number of carbonyl (C=O) groups is 1. The average Bonchev–Trinajstić information content (AvgIpc) is 3.24. The number of nitrogens with one attached hydrogen (secondary N) is 1. The lowest BCUT2D eigenvalue weighted by atomic mass is 9.98. The number of rotatable bonds is 5. The number of hydrogen-bond acceptors (Lipinski definition) is 4. The van der Waals surface area contributed by atoms with Crippen LogP contribution in [-0.2, 0) is 6.42 Å². The lowest BCUT2D eigenvalue weighted by molar-refractivity contribution is 0.171. The molecule has 2 aliphatic heterocycles. The van der Waals surface area contributed by atoms with Gasteiger partial charge in [-0.1, -0.05) is 23.7 Å². The van der Waals surface area contributed by atoms with E-state index in [4.69, 9.17) is 25.8 Å². The van der Waals surface area contributed by atoms with Crippen molar-refractivity contribution in [3.63, 3.8) is 0 Å². The molecule has 1 unspecified atom stereocenters. The van der Waals surface area contributed by atoms with Gasteiger partial charge in [0.2, 0.25) is 0 Å². The summed E-state index contributed by atoms with van der Waals surface area (Å²) in [5, 5.41) is 3.56. The van der Waals surface area contributed by atoms with Crippen LogP contribution in [0.1, 0.15) is 23.5 Å². The molecule has 154 valence electrons. The van der Waals surface area contributed by atoms with Gasteiger partial charge < -0.3 is 24.4 Å². The number of fused-ring (bicyclic) bond motifs is 1. The van der Waals surface area contributed by atoms with Crippen molar-refractivity contribution in [2.24, 2.45) is 0 Å². The summed E-state index contributed by atoms with van der Waals surface area (Å²) >= 11 is 6.28. The molecular weight excluding hydrogens is 392 g/mol. The summed E-state index contributed by atoms with van der Waals surface area (Å²) in [7, 11) is 1.66. The van der Waals surface area contributed by atoms with E-state index in [1.54, 1.807) is 7.11 Å². The first-order valence-electron chi connectivity index (χ1n) is 9.89. The smallest absolute Gasteiger partial charge is 0.317 e. The maximum atomic E-state index is 12.5. The predicted molar refractivity (Wildman–Crippen MR) is 111 cm³/mol. The van der Waals surface area contributed by atoms with Crippen LogP contribution in [0.15, 0.2) is 36.4 Å². The van der Waals surface area contributed by atoms with Gasteiger partial charge >= 0.3 is 6.03 Å². The van der Waals surface area contributed by atoms with Crippen LogP contribution >= 0.6 is 11.6 Å². The molecule has 0 spiro atoms. The molecule has 0 radical (unpaired) electrons. The standard InChI is InChI=1S/C22H25ClN2O4/c1-27-18-4-2-16(3-5-18)17-7-9-25(14-17)22(26)24-8-6-15-12-19(23)21-20(13-15)28-10-11-29-21/h2-5,12-13,17H,6-11,14H2,1H3,(H,24,26). The Bertz CT molecular complexity index is 872. The van der Waals surface area contributed by atoms with E-state index in [0.29, 0.717) is 48.6 Å². The Hall–Kier alpha value is -2.60. The summed E-state index contributed by atoms with van der Waals surface area (Å²) in [5.41, 5.74) is 2.25. The zero-order chi connectivity index (χ0) is 20.2. The van der Waals surface area contributed by atoms with Gasteiger partial charge in [0.1, 0.15) is 19.0 Å². The second-order valence-electron chi connectivity index (χ2n) is 7.29. The number of hydrogen-bond donors (Lipinski definition) is 1. The van der Waals surface area contributed by atoms with Crippen LogP contribution in [-0.4, -0.2) is 50.9 Å². The topological polar surface area (TPSA) is 60.0 Å². The van der Waals surface area contributed by atoms with E-state index in [-0.39, 0.29) is 6.03 Å². The van der Waals surface area contributed by atoms with Crippen LogP contribution in [0, 0.1) is 0 Å². The molecular formula is C22H25ClN2O4. The van der Waals surface area contributed by atoms with Gasteiger partial charge in [0.05, 0.1) is 12.1 Å². The molecule has 2 aromatic rings. The molecule has 0 saturated carbocycles. The van der Waals surface area contributed by atoms with Gasteiger partial charge in [-0.25, -0.2) is 4.79 Å². The number of likely N-dealkylation sites (tertiary alicyclic amines) is 1. The molecule has 2 aliphatic rings. The lowest BCUT2D eigenvalue weighted by Crippen LogP contribution is -2.39. The Kier molecular flexibility index (Phi) is 6.00.